The summed E-state index contributed by atoms with van der Waals surface area (Å²) in [5.41, 5.74) is -0.361. The topological polar surface area (TPSA) is 105 Å². The van der Waals surface area contributed by atoms with Gasteiger partial charge in [-0.1, -0.05) is 36.4 Å². The van der Waals surface area contributed by atoms with Crippen molar-refractivity contribution in [2.75, 3.05) is 18.5 Å². The van der Waals surface area contributed by atoms with Crippen LogP contribution in [-0.2, 0) is 19.1 Å². The maximum absolute atomic E-state index is 12.1. The normalized spacial score (nSPS) is 15.4. The summed E-state index contributed by atoms with van der Waals surface area (Å²) in [5.74, 6) is -1.54. The van der Waals surface area contributed by atoms with Gasteiger partial charge < -0.3 is 15.4 Å². The van der Waals surface area contributed by atoms with Crippen molar-refractivity contribution in [1.29, 1.82) is 0 Å². The fraction of sp³-hybridized carbons (Fsp3) is 0.300. The Balaban J connectivity index is 1.49. The van der Waals surface area contributed by atoms with Crippen molar-refractivity contribution in [1.82, 2.24) is 10.2 Å². The zero-order chi connectivity index (χ0) is 20.3. The minimum atomic E-state index is -0.987. The van der Waals surface area contributed by atoms with Crippen LogP contribution in [0.2, 0.25) is 0 Å². The molecule has 1 aliphatic heterocycles. The largest absolute Gasteiger partial charge is 0.456 e. The molecule has 2 aromatic carbocycles. The molecule has 1 fully saturated rings. The van der Waals surface area contributed by atoms with Crippen LogP contribution in [-0.4, -0.2) is 47.4 Å². The molecule has 0 unspecified atom stereocenters. The first-order chi connectivity index (χ1) is 13.3. The van der Waals surface area contributed by atoms with E-state index in [0.717, 1.165) is 15.7 Å². The Bertz CT molecular complexity index is 949. The van der Waals surface area contributed by atoms with E-state index in [1.807, 2.05) is 36.4 Å². The van der Waals surface area contributed by atoms with Gasteiger partial charge in [-0.3, -0.25) is 19.3 Å². The van der Waals surface area contributed by atoms with Gasteiger partial charge in [-0.25, -0.2) is 4.79 Å². The third-order valence-electron chi connectivity index (χ3n) is 4.41. The van der Waals surface area contributed by atoms with Gasteiger partial charge in [0.2, 0.25) is 0 Å². The lowest BCUT2D eigenvalue weighted by Gasteiger charge is -2.15. The summed E-state index contributed by atoms with van der Waals surface area (Å²) in [6, 6.07) is 12.6. The monoisotopic (exact) mass is 383 g/mol. The van der Waals surface area contributed by atoms with Crippen LogP contribution in [0.15, 0.2) is 42.5 Å². The standard InChI is InChI=1S/C20H21N3O5/c1-20(2)18(26)23(19(27)22-20)11-10-17(25)28-12-16(24)21-15-9-5-7-13-6-3-4-8-14(13)15/h3-9H,10-12H2,1-2H3,(H,21,24)(H,22,27). The number of carbonyl (C=O) groups excluding carboxylic acids is 4. The molecule has 1 aliphatic rings. The molecular formula is C20H21N3O5. The SMILES string of the molecule is CC1(C)NC(=O)N(CCC(=O)OCC(=O)Nc2cccc3ccccc23)C1=O. The number of anilines is 1. The maximum Gasteiger partial charge on any atom is 0.325 e. The second-order valence-electron chi connectivity index (χ2n) is 7.00. The molecule has 146 valence electrons. The Hall–Kier alpha value is -3.42. The lowest BCUT2D eigenvalue weighted by atomic mass is 10.1. The number of hydrogen-bond acceptors (Lipinski definition) is 5. The number of hydrogen-bond donors (Lipinski definition) is 2. The minimum Gasteiger partial charge on any atom is -0.456 e. The number of nitrogens with one attached hydrogen (secondary N) is 2. The van der Waals surface area contributed by atoms with Gasteiger partial charge in [-0.2, -0.15) is 0 Å². The predicted octanol–water partition coefficient (Wildman–Crippen LogP) is 2.04. The van der Waals surface area contributed by atoms with Crippen molar-refractivity contribution < 1.29 is 23.9 Å². The number of esters is 1. The molecule has 2 N–H and O–H groups in total. The second-order valence-corrected chi connectivity index (χ2v) is 7.00. The van der Waals surface area contributed by atoms with Gasteiger partial charge in [0.1, 0.15) is 5.54 Å². The molecule has 0 radical (unpaired) electrons. The molecule has 0 aromatic heterocycles. The van der Waals surface area contributed by atoms with Crippen LogP contribution >= 0.6 is 0 Å². The van der Waals surface area contributed by atoms with Crippen LogP contribution in [0.1, 0.15) is 20.3 Å². The van der Waals surface area contributed by atoms with Crippen molar-refractivity contribution in [3.05, 3.63) is 42.5 Å². The number of nitrogens with zero attached hydrogens (tertiary/aromatic N) is 1. The molecule has 8 nitrogen and oxygen atoms in total. The average Bonchev–Trinajstić information content (AvgIpc) is 2.85. The molecular weight excluding hydrogens is 362 g/mol. The molecule has 0 spiro atoms. The molecule has 0 atom stereocenters. The number of imide groups is 1. The molecule has 3 rings (SSSR count). The van der Waals surface area contributed by atoms with Crippen molar-refractivity contribution in [3.63, 3.8) is 0 Å². The smallest absolute Gasteiger partial charge is 0.325 e. The number of fused-ring (bicyclic) bond motifs is 1. The lowest BCUT2D eigenvalue weighted by molar-refractivity contribution is -0.147. The van der Waals surface area contributed by atoms with E-state index in [9.17, 15) is 19.2 Å². The summed E-state index contributed by atoms with van der Waals surface area (Å²) in [6.45, 7) is 2.62. The first-order valence-corrected chi connectivity index (χ1v) is 8.85. The van der Waals surface area contributed by atoms with Crippen molar-refractivity contribution in [2.45, 2.75) is 25.8 Å². The summed E-state index contributed by atoms with van der Waals surface area (Å²) in [4.78, 5) is 48.8. The molecule has 4 amide bonds. The van der Waals surface area contributed by atoms with Crippen LogP contribution in [0.25, 0.3) is 10.8 Å². The molecule has 1 saturated heterocycles. The van der Waals surface area contributed by atoms with E-state index in [-0.39, 0.29) is 13.0 Å². The van der Waals surface area contributed by atoms with Crippen molar-refractivity contribution in [3.8, 4) is 0 Å². The summed E-state index contributed by atoms with van der Waals surface area (Å²) >= 11 is 0. The van der Waals surface area contributed by atoms with Gasteiger partial charge in [-0.15, -0.1) is 0 Å². The Labute approximate surface area is 161 Å². The third-order valence-corrected chi connectivity index (χ3v) is 4.41. The van der Waals surface area contributed by atoms with Gasteiger partial charge in [0.05, 0.1) is 6.42 Å². The summed E-state index contributed by atoms with van der Waals surface area (Å²) in [6.07, 6.45) is -0.184. The summed E-state index contributed by atoms with van der Waals surface area (Å²) in [5, 5.41) is 7.11. The Morgan fingerprint density at radius 2 is 1.82 bits per heavy atom. The minimum absolute atomic E-state index is 0.0993. The summed E-state index contributed by atoms with van der Waals surface area (Å²) < 4.78 is 4.95. The van der Waals surface area contributed by atoms with Crippen LogP contribution in [0.4, 0.5) is 10.5 Å². The van der Waals surface area contributed by atoms with E-state index in [0.29, 0.717) is 5.69 Å². The highest BCUT2D eigenvalue weighted by Gasteiger charge is 2.44. The predicted molar refractivity (Wildman–Crippen MR) is 102 cm³/mol. The molecule has 0 saturated carbocycles. The highest BCUT2D eigenvalue weighted by Crippen LogP contribution is 2.22. The lowest BCUT2D eigenvalue weighted by Crippen LogP contribution is -2.40. The van der Waals surface area contributed by atoms with Crippen molar-refractivity contribution in [2.24, 2.45) is 0 Å². The second kappa shape index (κ2) is 7.67. The van der Waals surface area contributed by atoms with Crippen LogP contribution in [0, 0.1) is 0 Å². The first kappa shape index (κ1) is 19.3. The molecule has 8 heteroatoms. The summed E-state index contributed by atoms with van der Waals surface area (Å²) in [7, 11) is 0. The maximum atomic E-state index is 12.1. The quantitative estimate of drug-likeness (QED) is 0.587. The van der Waals surface area contributed by atoms with Crippen LogP contribution < -0.4 is 10.6 Å². The highest BCUT2D eigenvalue weighted by molar-refractivity contribution is 6.06. The van der Waals surface area contributed by atoms with Crippen molar-refractivity contribution >= 4 is 40.3 Å². The van der Waals surface area contributed by atoms with E-state index >= 15 is 0 Å². The average molecular weight is 383 g/mol. The number of carbonyl (C=O) groups is 4. The van der Waals surface area contributed by atoms with Gasteiger partial charge in [0.25, 0.3) is 11.8 Å². The van der Waals surface area contributed by atoms with E-state index in [2.05, 4.69) is 10.6 Å². The fourth-order valence-electron chi connectivity index (χ4n) is 2.96. The van der Waals surface area contributed by atoms with Gasteiger partial charge >= 0.3 is 12.0 Å². The molecule has 0 bridgehead atoms. The fourth-order valence-corrected chi connectivity index (χ4v) is 2.96. The zero-order valence-corrected chi connectivity index (χ0v) is 15.7. The highest BCUT2D eigenvalue weighted by atomic mass is 16.5. The number of ether oxygens (including phenoxy) is 1. The Kier molecular flexibility index (Phi) is 5.30. The number of benzene rings is 2. The van der Waals surface area contributed by atoms with Crippen LogP contribution in [0.5, 0.6) is 0 Å². The van der Waals surface area contributed by atoms with Crippen LogP contribution in [0.3, 0.4) is 0 Å². The van der Waals surface area contributed by atoms with E-state index < -0.39 is 36.0 Å². The van der Waals surface area contributed by atoms with E-state index in [4.69, 9.17) is 4.74 Å². The number of urea groups is 1. The van der Waals surface area contributed by atoms with Gasteiger partial charge in [0.15, 0.2) is 6.61 Å². The third kappa shape index (κ3) is 4.11. The number of rotatable bonds is 6. The van der Waals surface area contributed by atoms with Gasteiger partial charge in [-0.05, 0) is 25.3 Å². The molecule has 28 heavy (non-hydrogen) atoms. The Morgan fingerprint density at radius 3 is 2.54 bits per heavy atom. The first-order valence-electron chi connectivity index (χ1n) is 8.85. The number of amides is 4. The molecule has 1 heterocycles. The zero-order valence-electron chi connectivity index (χ0n) is 15.7. The van der Waals surface area contributed by atoms with Gasteiger partial charge in [0, 0.05) is 17.6 Å². The Morgan fingerprint density at radius 1 is 1.11 bits per heavy atom. The molecule has 0 aliphatic carbocycles. The molecule has 2 aromatic rings. The van der Waals surface area contributed by atoms with E-state index in [1.165, 1.54) is 0 Å². The van der Waals surface area contributed by atoms with E-state index in [1.54, 1.807) is 19.9 Å².